The lowest BCUT2D eigenvalue weighted by atomic mass is 10.0. The van der Waals surface area contributed by atoms with Gasteiger partial charge in [-0.05, 0) is 26.3 Å². The molecule has 0 spiro atoms. The maximum atomic E-state index is 13.9. The predicted molar refractivity (Wildman–Crippen MR) is 73.1 cm³/mol. The highest BCUT2D eigenvalue weighted by molar-refractivity contribution is 5.21. The largest absolute Gasteiger partial charge is 0.311 e. The smallest absolute Gasteiger partial charge is 0.127 e. The molecule has 1 aliphatic heterocycles. The van der Waals surface area contributed by atoms with E-state index < -0.39 is 0 Å². The molecule has 100 valence electrons. The Labute approximate surface area is 109 Å². The summed E-state index contributed by atoms with van der Waals surface area (Å²) >= 11 is 0. The Morgan fingerprint density at radius 2 is 2.17 bits per heavy atom. The molecule has 1 fully saturated rings. The van der Waals surface area contributed by atoms with Gasteiger partial charge in [-0.2, -0.15) is 0 Å². The minimum Gasteiger partial charge on any atom is -0.311 e. The van der Waals surface area contributed by atoms with Crippen LogP contribution in [-0.4, -0.2) is 30.1 Å². The Bertz CT molecular complexity index is 394. The van der Waals surface area contributed by atoms with E-state index in [1.165, 1.54) is 0 Å². The van der Waals surface area contributed by atoms with Gasteiger partial charge in [-0.1, -0.05) is 25.1 Å². The fraction of sp³-hybridized carbons (Fsp3) is 0.600. The van der Waals surface area contributed by atoms with Crippen LogP contribution in [0.2, 0.25) is 0 Å². The Balaban J connectivity index is 2.16. The van der Waals surface area contributed by atoms with Crippen LogP contribution in [0.25, 0.3) is 0 Å². The van der Waals surface area contributed by atoms with Gasteiger partial charge in [0.05, 0.1) is 0 Å². The first kappa shape index (κ1) is 13.5. The van der Waals surface area contributed by atoms with E-state index >= 15 is 0 Å². The summed E-state index contributed by atoms with van der Waals surface area (Å²) in [6, 6.07) is 8.22. The number of hydrogen-bond donors (Lipinski definition) is 1. The molecule has 0 radical (unpaired) electrons. The zero-order valence-corrected chi connectivity index (χ0v) is 11.5. The zero-order valence-electron chi connectivity index (χ0n) is 11.5. The van der Waals surface area contributed by atoms with Crippen LogP contribution in [0.5, 0.6) is 0 Å². The number of hydrogen-bond acceptors (Lipinski definition) is 2. The lowest BCUT2D eigenvalue weighted by Gasteiger charge is -2.42. The topological polar surface area (TPSA) is 15.3 Å². The summed E-state index contributed by atoms with van der Waals surface area (Å²) in [4.78, 5) is 2.41. The molecule has 0 bridgehead atoms. The Hall–Kier alpha value is -0.930. The third-order valence-corrected chi connectivity index (χ3v) is 4.04. The molecule has 0 saturated carbocycles. The second kappa shape index (κ2) is 5.81. The van der Waals surface area contributed by atoms with Crippen LogP contribution in [0, 0.1) is 5.82 Å². The highest BCUT2D eigenvalue weighted by Gasteiger charge is 2.29. The molecule has 2 nitrogen and oxygen atoms in total. The molecule has 3 atom stereocenters. The number of nitrogens with zero attached hydrogens (tertiary/aromatic N) is 1. The SMILES string of the molecule is CCC1CN(C(C)c2ccccc2F)C(C)CN1. The molecule has 3 heteroatoms. The summed E-state index contributed by atoms with van der Waals surface area (Å²) in [6.45, 7) is 8.48. The summed E-state index contributed by atoms with van der Waals surface area (Å²) in [5, 5.41) is 3.53. The number of piperazine rings is 1. The molecule has 0 aliphatic carbocycles. The minimum atomic E-state index is -0.0937. The second-order valence-electron chi connectivity index (χ2n) is 5.26. The highest BCUT2D eigenvalue weighted by Crippen LogP contribution is 2.26. The average molecular weight is 250 g/mol. The molecule has 1 aromatic carbocycles. The van der Waals surface area contributed by atoms with Gasteiger partial charge in [-0.15, -0.1) is 0 Å². The van der Waals surface area contributed by atoms with Gasteiger partial charge in [0.15, 0.2) is 0 Å². The molecule has 3 unspecified atom stereocenters. The van der Waals surface area contributed by atoms with E-state index in [2.05, 4.69) is 31.0 Å². The van der Waals surface area contributed by atoms with Crippen LogP contribution in [0.4, 0.5) is 4.39 Å². The summed E-state index contributed by atoms with van der Waals surface area (Å²) < 4.78 is 13.9. The number of halogens is 1. The maximum absolute atomic E-state index is 13.9. The van der Waals surface area contributed by atoms with Crippen LogP contribution in [-0.2, 0) is 0 Å². The molecule has 1 aromatic rings. The summed E-state index contributed by atoms with van der Waals surface area (Å²) in [5.74, 6) is -0.0937. The van der Waals surface area contributed by atoms with Crippen molar-refractivity contribution in [1.29, 1.82) is 0 Å². The lowest BCUT2D eigenvalue weighted by molar-refractivity contribution is 0.0958. The van der Waals surface area contributed by atoms with Gasteiger partial charge in [-0.25, -0.2) is 4.39 Å². The van der Waals surface area contributed by atoms with Crippen LogP contribution in [0.1, 0.15) is 38.8 Å². The molecule has 2 rings (SSSR count). The summed E-state index contributed by atoms with van der Waals surface area (Å²) in [7, 11) is 0. The van der Waals surface area contributed by atoms with E-state index in [1.807, 2.05) is 12.1 Å². The van der Waals surface area contributed by atoms with Crippen molar-refractivity contribution in [3.63, 3.8) is 0 Å². The molecular weight excluding hydrogens is 227 g/mol. The number of nitrogens with one attached hydrogen (secondary N) is 1. The highest BCUT2D eigenvalue weighted by atomic mass is 19.1. The van der Waals surface area contributed by atoms with E-state index in [0.717, 1.165) is 25.1 Å². The van der Waals surface area contributed by atoms with Crippen LogP contribution >= 0.6 is 0 Å². The second-order valence-corrected chi connectivity index (χ2v) is 5.26. The molecule has 0 aromatic heterocycles. The van der Waals surface area contributed by atoms with E-state index in [1.54, 1.807) is 12.1 Å². The van der Waals surface area contributed by atoms with Crippen molar-refractivity contribution in [1.82, 2.24) is 10.2 Å². The normalized spacial score (nSPS) is 27.1. The Morgan fingerprint density at radius 1 is 1.44 bits per heavy atom. The summed E-state index contributed by atoms with van der Waals surface area (Å²) in [6.07, 6.45) is 1.12. The van der Waals surface area contributed by atoms with Crippen molar-refractivity contribution in [2.75, 3.05) is 13.1 Å². The fourth-order valence-corrected chi connectivity index (χ4v) is 2.76. The van der Waals surface area contributed by atoms with Crippen LogP contribution in [0.3, 0.4) is 0 Å². The van der Waals surface area contributed by atoms with Gasteiger partial charge in [0.1, 0.15) is 5.82 Å². The zero-order chi connectivity index (χ0) is 13.1. The van der Waals surface area contributed by atoms with Crippen LogP contribution in [0.15, 0.2) is 24.3 Å². The molecule has 0 amide bonds. The van der Waals surface area contributed by atoms with Gasteiger partial charge < -0.3 is 5.32 Å². The van der Waals surface area contributed by atoms with Crippen LogP contribution < -0.4 is 5.32 Å². The third-order valence-electron chi connectivity index (χ3n) is 4.04. The van der Waals surface area contributed by atoms with E-state index in [4.69, 9.17) is 0 Å². The Morgan fingerprint density at radius 3 is 2.83 bits per heavy atom. The van der Waals surface area contributed by atoms with E-state index in [0.29, 0.717) is 12.1 Å². The quantitative estimate of drug-likeness (QED) is 0.887. The molecular formula is C15H23FN2. The standard InChI is InChI=1S/C15H23FN2/c1-4-13-10-18(11(2)9-17-13)12(3)14-7-5-6-8-15(14)16/h5-8,11-13,17H,4,9-10H2,1-3H3. The van der Waals surface area contributed by atoms with Gasteiger partial charge in [0.25, 0.3) is 0 Å². The van der Waals surface area contributed by atoms with Crippen molar-refractivity contribution in [3.05, 3.63) is 35.6 Å². The van der Waals surface area contributed by atoms with E-state index in [-0.39, 0.29) is 11.9 Å². The van der Waals surface area contributed by atoms with Gasteiger partial charge in [0.2, 0.25) is 0 Å². The van der Waals surface area contributed by atoms with E-state index in [9.17, 15) is 4.39 Å². The number of rotatable bonds is 3. The molecule has 1 N–H and O–H groups in total. The maximum Gasteiger partial charge on any atom is 0.127 e. The van der Waals surface area contributed by atoms with Gasteiger partial charge >= 0.3 is 0 Å². The monoisotopic (exact) mass is 250 g/mol. The predicted octanol–water partition coefficient (Wildman–Crippen LogP) is 2.96. The lowest BCUT2D eigenvalue weighted by Crippen LogP contribution is -2.55. The first-order valence-electron chi connectivity index (χ1n) is 6.87. The van der Waals surface area contributed by atoms with Crippen molar-refractivity contribution in [2.45, 2.75) is 45.3 Å². The first-order valence-corrected chi connectivity index (χ1v) is 6.87. The first-order chi connectivity index (χ1) is 8.63. The van der Waals surface area contributed by atoms with Crippen molar-refractivity contribution in [3.8, 4) is 0 Å². The van der Waals surface area contributed by atoms with Crippen molar-refractivity contribution < 1.29 is 4.39 Å². The number of benzene rings is 1. The summed E-state index contributed by atoms with van der Waals surface area (Å²) in [5.41, 5.74) is 0.807. The molecule has 1 aliphatic rings. The molecule has 1 heterocycles. The third kappa shape index (κ3) is 2.73. The fourth-order valence-electron chi connectivity index (χ4n) is 2.76. The van der Waals surface area contributed by atoms with Gasteiger partial charge in [-0.3, -0.25) is 4.90 Å². The average Bonchev–Trinajstić information content (AvgIpc) is 2.39. The van der Waals surface area contributed by atoms with Gasteiger partial charge in [0, 0.05) is 36.8 Å². The van der Waals surface area contributed by atoms with Crippen molar-refractivity contribution in [2.24, 2.45) is 0 Å². The Kier molecular flexibility index (Phi) is 4.36. The molecule has 1 saturated heterocycles. The molecule has 18 heavy (non-hydrogen) atoms. The van der Waals surface area contributed by atoms with Crippen molar-refractivity contribution >= 4 is 0 Å². The minimum absolute atomic E-state index is 0.0937.